The van der Waals surface area contributed by atoms with Crippen LogP contribution in [-0.2, 0) is 23.4 Å². The summed E-state index contributed by atoms with van der Waals surface area (Å²) in [5, 5.41) is 0. The van der Waals surface area contributed by atoms with Crippen LogP contribution in [0.2, 0.25) is 0 Å². The minimum absolute atomic E-state index is 0. The fourth-order valence-corrected chi connectivity index (χ4v) is 0.228. The first-order valence-corrected chi connectivity index (χ1v) is 2.14. The zero-order chi connectivity index (χ0) is 4.83. The summed E-state index contributed by atoms with van der Waals surface area (Å²) in [5.41, 5.74) is 0. The Morgan fingerprint density at radius 2 is 2.12 bits per heavy atom. The second kappa shape index (κ2) is 15.7. The number of unbranched alkanes of at least 4 members (excludes halogenated alkanes) is 2. The van der Waals surface area contributed by atoms with Gasteiger partial charge < -0.3 is 13.1 Å². The minimum atomic E-state index is 0. The quantitative estimate of drug-likeness (QED) is 0.200. The third-order valence-electron chi connectivity index (χ3n) is 0.572. The Morgan fingerprint density at radius 1 is 1.62 bits per heavy atom. The van der Waals surface area contributed by atoms with Gasteiger partial charge in [0, 0.05) is 25.0 Å². The van der Waals surface area contributed by atoms with Gasteiger partial charge in [0.15, 0.2) is 0 Å². The molecule has 0 aliphatic rings. The molecule has 8 heavy (non-hydrogen) atoms. The molecule has 0 spiro atoms. The number of rotatable bonds is 3. The van der Waals surface area contributed by atoms with Crippen molar-refractivity contribution in [1.29, 1.82) is 0 Å². The second-order valence-corrected chi connectivity index (χ2v) is 1.16. The molecule has 1 nitrogen and oxygen atoms in total. The third kappa shape index (κ3) is 15.8. The molecule has 0 aliphatic carbocycles. The molecule has 0 N–H and O–H groups in total. The standard InChI is InChI=1S/C5H9O.Li.V.H/c1-2-3-4-5-6;;;/h5H,1-4H2;;;/q-1;+1;;-1. The van der Waals surface area contributed by atoms with E-state index < -0.39 is 0 Å². The summed E-state index contributed by atoms with van der Waals surface area (Å²) in [6.07, 6.45) is 3.40. The van der Waals surface area contributed by atoms with E-state index in [1.807, 2.05) is 0 Å². The molecular formula is C5H10LiOV-. The van der Waals surface area contributed by atoms with Crippen LogP contribution in [0.15, 0.2) is 0 Å². The van der Waals surface area contributed by atoms with Crippen LogP contribution >= 0.6 is 0 Å². The first kappa shape index (κ1) is 15.9. The van der Waals surface area contributed by atoms with Gasteiger partial charge in [-0.25, -0.2) is 0 Å². The molecule has 0 amide bonds. The molecule has 0 unspecified atom stereocenters. The zero-order valence-electron chi connectivity index (χ0n) is 6.26. The van der Waals surface area contributed by atoms with Gasteiger partial charge in [0.25, 0.3) is 0 Å². The maximum Gasteiger partial charge on any atom is 1.00 e. The Balaban J connectivity index is -0.0000000417. The monoisotopic (exact) mass is 144 g/mol. The van der Waals surface area contributed by atoms with E-state index in [1.165, 1.54) is 0 Å². The van der Waals surface area contributed by atoms with Crippen molar-refractivity contribution in [2.45, 2.75) is 19.3 Å². The van der Waals surface area contributed by atoms with E-state index >= 15 is 0 Å². The minimum Gasteiger partial charge on any atom is -1.00 e. The zero-order valence-corrected chi connectivity index (χ0v) is 6.66. The molecule has 0 aromatic rings. The van der Waals surface area contributed by atoms with Gasteiger partial charge >= 0.3 is 18.9 Å². The van der Waals surface area contributed by atoms with Crippen LogP contribution in [0.5, 0.6) is 0 Å². The first-order chi connectivity index (χ1) is 2.91. The maximum atomic E-state index is 9.54. The van der Waals surface area contributed by atoms with Gasteiger partial charge in [-0.2, -0.15) is 6.42 Å². The fourth-order valence-electron chi connectivity index (χ4n) is 0.228. The molecule has 0 saturated carbocycles. The maximum absolute atomic E-state index is 9.54. The van der Waals surface area contributed by atoms with Crippen molar-refractivity contribution in [3.05, 3.63) is 6.92 Å². The number of aldehydes is 1. The largest absolute Gasteiger partial charge is 1.00 e. The summed E-state index contributed by atoms with van der Waals surface area (Å²) < 4.78 is 0. The van der Waals surface area contributed by atoms with E-state index in [2.05, 4.69) is 6.92 Å². The van der Waals surface area contributed by atoms with Crippen LogP contribution in [0.3, 0.4) is 0 Å². The van der Waals surface area contributed by atoms with E-state index in [9.17, 15) is 4.79 Å². The van der Waals surface area contributed by atoms with Crippen molar-refractivity contribution in [3.63, 3.8) is 0 Å². The SMILES string of the molecule is [CH2-]CCCC=O.[H-].[Li+].[V]. The van der Waals surface area contributed by atoms with Crippen LogP contribution in [0.1, 0.15) is 20.7 Å². The molecule has 0 bridgehead atoms. The molecule has 0 rings (SSSR count). The predicted molar refractivity (Wildman–Crippen MR) is 26.4 cm³/mol. The van der Waals surface area contributed by atoms with Crippen molar-refractivity contribution >= 4 is 6.29 Å². The van der Waals surface area contributed by atoms with Crippen LogP contribution < -0.4 is 18.9 Å². The van der Waals surface area contributed by atoms with Gasteiger partial charge in [-0.15, -0.1) is 0 Å². The normalized spacial score (nSPS) is 6.12. The van der Waals surface area contributed by atoms with Gasteiger partial charge in [0.05, 0.1) is 0 Å². The van der Waals surface area contributed by atoms with Crippen molar-refractivity contribution in [1.82, 2.24) is 0 Å². The van der Waals surface area contributed by atoms with Gasteiger partial charge in [-0.3, -0.25) is 0 Å². The fraction of sp³-hybridized carbons (Fsp3) is 0.600. The van der Waals surface area contributed by atoms with E-state index in [0.717, 1.165) is 19.1 Å². The molecule has 0 aromatic carbocycles. The molecule has 3 heteroatoms. The van der Waals surface area contributed by atoms with Crippen LogP contribution in [0.4, 0.5) is 0 Å². The number of carbonyl (C=O) groups excluding carboxylic acids is 1. The van der Waals surface area contributed by atoms with E-state index in [0.29, 0.717) is 6.42 Å². The summed E-state index contributed by atoms with van der Waals surface area (Å²) in [6.45, 7) is 3.56. The Kier molecular flexibility index (Phi) is 31.2. The Morgan fingerprint density at radius 3 is 2.25 bits per heavy atom. The molecule has 1 radical (unpaired) electrons. The molecular weight excluding hydrogens is 134 g/mol. The van der Waals surface area contributed by atoms with Crippen molar-refractivity contribution < 1.29 is 43.6 Å². The van der Waals surface area contributed by atoms with E-state index in [1.54, 1.807) is 0 Å². The molecule has 0 fully saturated rings. The summed E-state index contributed by atoms with van der Waals surface area (Å²) >= 11 is 0. The molecule has 43 valence electrons. The van der Waals surface area contributed by atoms with E-state index in [-0.39, 0.29) is 38.8 Å². The predicted octanol–water partition coefficient (Wildman–Crippen LogP) is -1.70. The molecule has 0 saturated heterocycles. The van der Waals surface area contributed by atoms with E-state index in [4.69, 9.17) is 0 Å². The average Bonchev–Trinajstić information content (AvgIpc) is 1.61. The number of hydrogen-bond donors (Lipinski definition) is 0. The van der Waals surface area contributed by atoms with Crippen molar-refractivity contribution in [2.75, 3.05) is 0 Å². The van der Waals surface area contributed by atoms with Gasteiger partial charge in [0.2, 0.25) is 0 Å². The Hall–Kier alpha value is 0.852. The molecule has 0 aromatic heterocycles. The summed E-state index contributed by atoms with van der Waals surface area (Å²) in [4.78, 5) is 9.54. The van der Waals surface area contributed by atoms with Gasteiger partial charge in [-0.1, -0.05) is 6.42 Å². The first-order valence-electron chi connectivity index (χ1n) is 2.14. The van der Waals surface area contributed by atoms with Crippen molar-refractivity contribution in [3.8, 4) is 0 Å². The topological polar surface area (TPSA) is 17.1 Å². The van der Waals surface area contributed by atoms with Gasteiger partial charge in [0.1, 0.15) is 6.29 Å². The second-order valence-electron chi connectivity index (χ2n) is 1.16. The Bertz CT molecular complexity index is 45.9. The third-order valence-corrected chi connectivity index (χ3v) is 0.572. The number of carbonyl (C=O) groups is 1. The Labute approximate surface area is 76.2 Å². The van der Waals surface area contributed by atoms with Crippen LogP contribution in [-0.4, -0.2) is 6.29 Å². The van der Waals surface area contributed by atoms with Gasteiger partial charge in [-0.05, 0) is 0 Å². The molecule has 0 aliphatic heterocycles. The molecule has 0 heterocycles. The summed E-state index contributed by atoms with van der Waals surface area (Å²) in [7, 11) is 0. The number of hydrogen-bond acceptors (Lipinski definition) is 1. The average molecular weight is 144 g/mol. The summed E-state index contributed by atoms with van der Waals surface area (Å²) in [6, 6.07) is 0. The van der Waals surface area contributed by atoms with Crippen molar-refractivity contribution in [2.24, 2.45) is 0 Å². The molecule has 0 atom stereocenters. The van der Waals surface area contributed by atoms with Crippen LogP contribution in [0, 0.1) is 6.92 Å². The smallest absolute Gasteiger partial charge is 1.00 e. The summed E-state index contributed by atoms with van der Waals surface area (Å²) in [5.74, 6) is 0. The van der Waals surface area contributed by atoms with Crippen LogP contribution in [0.25, 0.3) is 0 Å².